The van der Waals surface area contributed by atoms with Gasteiger partial charge in [0.15, 0.2) is 6.10 Å². The number of hydrogen-bond donors (Lipinski definition) is 0. The molecular formula is C44H46O7Si. The molecule has 1 fully saturated rings. The van der Waals surface area contributed by atoms with Crippen molar-refractivity contribution in [2.75, 3.05) is 6.61 Å². The smallest absolute Gasteiger partial charge is 0.340 e. The van der Waals surface area contributed by atoms with Gasteiger partial charge in [0.25, 0.3) is 8.32 Å². The predicted octanol–water partition coefficient (Wildman–Crippen LogP) is 7.74. The molecule has 0 aliphatic carbocycles. The molecule has 52 heavy (non-hydrogen) atoms. The molecule has 6 rings (SSSR count). The van der Waals surface area contributed by atoms with E-state index in [1.165, 1.54) is 0 Å². The van der Waals surface area contributed by atoms with Crippen molar-refractivity contribution in [3.8, 4) is 0 Å². The van der Waals surface area contributed by atoms with Crippen LogP contribution in [0.3, 0.4) is 0 Å². The molecule has 268 valence electrons. The minimum absolute atomic E-state index is 0.220. The van der Waals surface area contributed by atoms with E-state index in [1.54, 1.807) is 48.5 Å². The average molecular weight is 715 g/mol. The molecule has 0 spiro atoms. The summed E-state index contributed by atoms with van der Waals surface area (Å²) in [4.78, 5) is 27.2. The molecule has 0 bridgehead atoms. The Hall–Kier alpha value is -4.86. The summed E-state index contributed by atoms with van der Waals surface area (Å²) in [6.45, 7) is 7.17. The largest absolute Gasteiger partial charge is 0.449 e. The molecule has 0 N–H and O–H groups in total. The maximum atomic E-state index is 13.6. The Bertz CT molecular complexity index is 1810. The molecule has 1 aliphatic heterocycles. The van der Waals surface area contributed by atoms with E-state index in [2.05, 4.69) is 69.3 Å². The van der Waals surface area contributed by atoms with E-state index >= 15 is 0 Å². The number of ether oxygens (including phenoxy) is 4. The van der Waals surface area contributed by atoms with Crippen LogP contribution in [0.1, 0.15) is 59.9 Å². The zero-order chi connectivity index (χ0) is 36.4. The van der Waals surface area contributed by atoms with Gasteiger partial charge >= 0.3 is 11.9 Å². The lowest BCUT2D eigenvalue weighted by Gasteiger charge is -2.43. The standard InChI is InChI=1S/C44H46O7Si/c1-44(2,3)52(37-25-15-7-16-26-37,38-27-17-8-18-28-38)48-32-36-29-30-39(47-31-33-19-9-4-10-20-33)40(50-41(45)34-21-11-5-12-22-34)43(49-36)51-42(46)35-23-13-6-14-24-35/h4-28,36,39-40,43H,29-32H2,1-3H3/t36-,39+,40+,43?/m0/s1. The van der Waals surface area contributed by atoms with Crippen LogP contribution in [-0.2, 0) is 30.0 Å². The maximum absolute atomic E-state index is 13.6. The van der Waals surface area contributed by atoms with Crippen LogP contribution < -0.4 is 10.4 Å². The van der Waals surface area contributed by atoms with E-state index < -0.39 is 44.9 Å². The van der Waals surface area contributed by atoms with Gasteiger partial charge in [-0.05, 0) is 58.1 Å². The number of benzene rings is 5. The van der Waals surface area contributed by atoms with E-state index in [0.717, 1.165) is 15.9 Å². The Morgan fingerprint density at radius 1 is 0.635 bits per heavy atom. The highest BCUT2D eigenvalue weighted by atomic mass is 28.4. The first-order valence-corrected chi connectivity index (χ1v) is 19.7. The van der Waals surface area contributed by atoms with E-state index in [0.29, 0.717) is 24.0 Å². The third kappa shape index (κ3) is 8.77. The van der Waals surface area contributed by atoms with Gasteiger partial charge in [0.2, 0.25) is 6.29 Å². The van der Waals surface area contributed by atoms with Gasteiger partial charge in [-0.3, -0.25) is 0 Å². The summed E-state index contributed by atoms with van der Waals surface area (Å²) >= 11 is 0. The molecule has 4 atom stereocenters. The van der Waals surface area contributed by atoms with Gasteiger partial charge < -0.3 is 23.4 Å². The Balaban J connectivity index is 1.35. The van der Waals surface area contributed by atoms with Crippen molar-refractivity contribution in [3.63, 3.8) is 0 Å². The van der Waals surface area contributed by atoms with Crippen LogP contribution in [0.5, 0.6) is 0 Å². The molecule has 0 aromatic heterocycles. The number of carbonyl (C=O) groups excluding carboxylic acids is 2. The lowest BCUT2D eigenvalue weighted by Crippen LogP contribution is -2.67. The minimum Gasteiger partial charge on any atom is -0.449 e. The van der Waals surface area contributed by atoms with Gasteiger partial charge in [-0.15, -0.1) is 0 Å². The van der Waals surface area contributed by atoms with E-state index in [-0.39, 0.29) is 18.3 Å². The van der Waals surface area contributed by atoms with Crippen molar-refractivity contribution < 1.29 is 33.0 Å². The second kappa shape index (κ2) is 17.1. The maximum Gasteiger partial charge on any atom is 0.340 e. The molecule has 0 amide bonds. The normalized spacial score (nSPS) is 19.3. The van der Waals surface area contributed by atoms with E-state index in [1.807, 2.05) is 54.6 Å². The van der Waals surface area contributed by atoms with Gasteiger partial charge in [0.05, 0.1) is 30.4 Å². The molecule has 5 aromatic rings. The Labute approximate surface area is 307 Å². The molecule has 1 heterocycles. The molecule has 0 radical (unpaired) electrons. The van der Waals surface area contributed by atoms with Crippen LogP contribution in [0.15, 0.2) is 152 Å². The first kappa shape index (κ1) is 36.9. The first-order chi connectivity index (χ1) is 25.2. The third-order valence-electron chi connectivity index (χ3n) is 9.43. The predicted molar refractivity (Wildman–Crippen MR) is 204 cm³/mol. The Morgan fingerprint density at radius 3 is 1.60 bits per heavy atom. The quantitative estimate of drug-likeness (QED) is 0.0967. The lowest BCUT2D eigenvalue weighted by atomic mass is 10.1. The molecule has 8 heteroatoms. The number of rotatable bonds is 12. The summed E-state index contributed by atoms with van der Waals surface area (Å²) in [5.41, 5.74) is 1.68. The highest BCUT2D eigenvalue weighted by molar-refractivity contribution is 6.99. The lowest BCUT2D eigenvalue weighted by molar-refractivity contribution is -0.207. The SMILES string of the molecule is CC(C)(C)[Si](OC[C@@H]1CC[C@@H](OCc2ccccc2)[C@@H](OC(=O)c2ccccc2)C(OC(=O)c2ccccc2)O1)(c1ccccc1)c1ccccc1. The monoisotopic (exact) mass is 714 g/mol. The molecule has 1 aliphatic rings. The zero-order valence-corrected chi connectivity index (χ0v) is 30.9. The molecule has 1 unspecified atom stereocenters. The van der Waals surface area contributed by atoms with Gasteiger partial charge in [0.1, 0.15) is 6.10 Å². The average Bonchev–Trinajstić information content (AvgIpc) is 3.33. The van der Waals surface area contributed by atoms with Crippen molar-refractivity contribution in [1.82, 2.24) is 0 Å². The molecule has 5 aromatic carbocycles. The van der Waals surface area contributed by atoms with Crippen LogP contribution in [0.2, 0.25) is 5.04 Å². The van der Waals surface area contributed by atoms with Crippen LogP contribution >= 0.6 is 0 Å². The van der Waals surface area contributed by atoms with Crippen LogP contribution in [0.4, 0.5) is 0 Å². The topological polar surface area (TPSA) is 80.3 Å². The number of carbonyl (C=O) groups is 2. The molecular weight excluding hydrogens is 669 g/mol. The van der Waals surface area contributed by atoms with Crippen LogP contribution in [-0.4, -0.2) is 51.5 Å². The zero-order valence-electron chi connectivity index (χ0n) is 29.9. The summed E-state index contributed by atoms with van der Waals surface area (Å²) in [7, 11) is -2.92. The number of hydrogen-bond acceptors (Lipinski definition) is 7. The van der Waals surface area contributed by atoms with Crippen LogP contribution in [0, 0.1) is 0 Å². The highest BCUT2D eigenvalue weighted by Crippen LogP contribution is 2.37. The first-order valence-electron chi connectivity index (χ1n) is 17.8. The van der Waals surface area contributed by atoms with Gasteiger partial charge in [-0.2, -0.15) is 0 Å². The van der Waals surface area contributed by atoms with Crippen molar-refractivity contribution in [2.45, 2.75) is 69.9 Å². The summed E-state index contributed by atoms with van der Waals surface area (Å²) in [5, 5.41) is 2.04. The summed E-state index contributed by atoms with van der Waals surface area (Å²) in [5.74, 6) is -1.16. The summed E-state index contributed by atoms with van der Waals surface area (Å²) < 4.78 is 32.8. The second-order valence-corrected chi connectivity index (χ2v) is 18.3. The molecule has 0 saturated carbocycles. The van der Waals surface area contributed by atoms with Gasteiger partial charge in [-0.1, -0.05) is 148 Å². The number of esters is 2. The van der Waals surface area contributed by atoms with Gasteiger partial charge in [0, 0.05) is 0 Å². The van der Waals surface area contributed by atoms with Crippen molar-refractivity contribution in [1.29, 1.82) is 0 Å². The molecule has 7 nitrogen and oxygen atoms in total. The Kier molecular flexibility index (Phi) is 12.1. The molecule has 1 saturated heterocycles. The summed E-state index contributed by atoms with van der Waals surface area (Å²) in [6.07, 6.45) is -2.54. The van der Waals surface area contributed by atoms with Crippen LogP contribution in [0.25, 0.3) is 0 Å². The van der Waals surface area contributed by atoms with E-state index in [9.17, 15) is 9.59 Å². The third-order valence-corrected chi connectivity index (χ3v) is 14.4. The van der Waals surface area contributed by atoms with Crippen molar-refractivity contribution in [2.24, 2.45) is 0 Å². The fourth-order valence-electron chi connectivity index (χ4n) is 6.82. The fourth-order valence-corrected chi connectivity index (χ4v) is 11.4. The fraction of sp³-hybridized carbons (Fsp3) is 0.273. The minimum atomic E-state index is -2.92. The van der Waals surface area contributed by atoms with E-state index in [4.69, 9.17) is 23.4 Å². The van der Waals surface area contributed by atoms with Gasteiger partial charge in [-0.25, -0.2) is 9.59 Å². The van der Waals surface area contributed by atoms with Crippen molar-refractivity contribution >= 4 is 30.6 Å². The summed E-state index contributed by atoms with van der Waals surface area (Å²) in [6, 6.07) is 48.1. The van der Waals surface area contributed by atoms with Crippen molar-refractivity contribution in [3.05, 3.63) is 168 Å². The highest BCUT2D eigenvalue weighted by Gasteiger charge is 2.51. The second-order valence-electron chi connectivity index (χ2n) is 14.0. The Morgan fingerprint density at radius 2 is 1.10 bits per heavy atom.